The number of hydrogen-bond acceptors (Lipinski definition) is 6. The molecular weight excluding hydrogens is 464 g/mol. The second kappa shape index (κ2) is 8.96. The van der Waals surface area contributed by atoms with Crippen molar-refractivity contribution in [3.05, 3.63) is 28.7 Å². The first kappa shape index (κ1) is 21.3. The maximum Gasteiger partial charge on any atom is 0.233 e. The Labute approximate surface area is 177 Å². The van der Waals surface area contributed by atoms with Gasteiger partial charge < -0.3 is 4.90 Å². The number of rotatable bonds is 7. The lowest BCUT2D eigenvalue weighted by Crippen LogP contribution is -2.47. The summed E-state index contributed by atoms with van der Waals surface area (Å²) in [6.45, 7) is 3.96. The Bertz CT molecular complexity index is 948. The van der Waals surface area contributed by atoms with E-state index in [1.807, 2.05) is 38.1 Å². The van der Waals surface area contributed by atoms with Crippen LogP contribution in [0.25, 0.3) is 11.4 Å². The van der Waals surface area contributed by atoms with Gasteiger partial charge in [0, 0.05) is 22.1 Å². The van der Waals surface area contributed by atoms with Crippen molar-refractivity contribution in [2.24, 2.45) is 0 Å². The number of halogens is 1. The Kier molecular flexibility index (Phi) is 6.82. The van der Waals surface area contributed by atoms with E-state index in [-0.39, 0.29) is 35.2 Å². The van der Waals surface area contributed by atoms with Crippen LogP contribution in [0, 0.1) is 0 Å². The lowest BCUT2D eigenvalue weighted by Gasteiger charge is -2.33. The molecule has 1 amide bonds. The number of amides is 1. The van der Waals surface area contributed by atoms with E-state index in [9.17, 15) is 13.2 Å². The lowest BCUT2D eigenvalue weighted by molar-refractivity contribution is -0.132. The maximum atomic E-state index is 12.9. The predicted molar refractivity (Wildman–Crippen MR) is 114 cm³/mol. The first-order chi connectivity index (χ1) is 13.3. The van der Waals surface area contributed by atoms with Gasteiger partial charge in [-0.3, -0.25) is 9.89 Å². The average molecular weight is 487 g/mol. The van der Waals surface area contributed by atoms with Gasteiger partial charge in [0.15, 0.2) is 15.7 Å². The Morgan fingerprint density at radius 3 is 2.82 bits per heavy atom. The largest absolute Gasteiger partial charge is 0.335 e. The van der Waals surface area contributed by atoms with Crippen molar-refractivity contribution in [3.63, 3.8) is 0 Å². The Morgan fingerprint density at radius 2 is 2.18 bits per heavy atom. The number of hydrogen-bond donors (Lipinski definition) is 1. The molecule has 2 aromatic rings. The van der Waals surface area contributed by atoms with Crippen LogP contribution in [0.1, 0.15) is 26.7 Å². The first-order valence-electron chi connectivity index (χ1n) is 9.12. The van der Waals surface area contributed by atoms with Gasteiger partial charge in [-0.15, -0.1) is 5.10 Å². The summed E-state index contributed by atoms with van der Waals surface area (Å²) in [6, 6.07) is 7.44. The normalized spacial score (nSPS) is 19.5. The van der Waals surface area contributed by atoms with Crippen molar-refractivity contribution in [2.45, 2.75) is 43.9 Å². The molecular formula is C18H23BrN4O3S2. The van der Waals surface area contributed by atoms with Crippen LogP contribution in [0.4, 0.5) is 0 Å². The highest BCUT2D eigenvalue weighted by molar-refractivity contribution is 9.10. The van der Waals surface area contributed by atoms with Crippen molar-refractivity contribution in [1.29, 1.82) is 0 Å². The first-order valence-corrected chi connectivity index (χ1v) is 12.7. The zero-order valence-corrected chi connectivity index (χ0v) is 19.0. The molecule has 2 heterocycles. The molecule has 0 saturated carbocycles. The molecule has 0 spiro atoms. The average Bonchev–Trinajstić information content (AvgIpc) is 3.26. The molecule has 0 radical (unpaired) electrons. The molecule has 10 heteroatoms. The summed E-state index contributed by atoms with van der Waals surface area (Å²) in [4.78, 5) is 19.1. The summed E-state index contributed by atoms with van der Waals surface area (Å²) in [5.41, 5.74) is 0.894. The Hall–Kier alpha value is -1.39. The van der Waals surface area contributed by atoms with Crippen LogP contribution in [-0.2, 0) is 14.6 Å². The molecule has 152 valence electrons. The smallest absolute Gasteiger partial charge is 0.233 e. The van der Waals surface area contributed by atoms with Gasteiger partial charge in [-0.2, -0.15) is 0 Å². The summed E-state index contributed by atoms with van der Waals surface area (Å²) in [6.07, 6.45) is 1.29. The van der Waals surface area contributed by atoms with Gasteiger partial charge in [0.25, 0.3) is 0 Å². The molecule has 1 aliphatic rings. The third kappa shape index (κ3) is 4.96. The fourth-order valence-electron chi connectivity index (χ4n) is 3.29. The number of aromatic amines is 1. The van der Waals surface area contributed by atoms with Crippen LogP contribution in [0.5, 0.6) is 0 Å². The number of carbonyl (C=O) groups excluding carboxylic acids is 1. The second-order valence-corrected chi connectivity index (χ2v) is 10.9. The molecule has 1 N–H and O–H groups in total. The predicted octanol–water partition coefficient (Wildman–Crippen LogP) is 3.14. The van der Waals surface area contributed by atoms with Crippen LogP contribution >= 0.6 is 27.7 Å². The maximum absolute atomic E-state index is 12.9. The van der Waals surface area contributed by atoms with Crippen LogP contribution < -0.4 is 0 Å². The van der Waals surface area contributed by atoms with E-state index in [0.717, 1.165) is 16.5 Å². The monoisotopic (exact) mass is 486 g/mol. The van der Waals surface area contributed by atoms with Gasteiger partial charge in [0.05, 0.1) is 17.3 Å². The number of sulfone groups is 1. The van der Waals surface area contributed by atoms with Gasteiger partial charge in [0.2, 0.25) is 11.1 Å². The third-order valence-corrected chi connectivity index (χ3v) is 8.15. The van der Waals surface area contributed by atoms with Crippen molar-refractivity contribution < 1.29 is 13.2 Å². The fourth-order valence-corrected chi connectivity index (χ4v) is 6.14. The number of nitrogens with zero attached hydrogens (tertiary/aromatic N) is 3. The van der Waals surface area contributed by atoms with Gasteiger partial charge in [-0.05, 0) is 25.8 Å². The van der Waals surface area contributed by atoms with E-state index in [4.69, 9.17) is 0 Å². The molecule has 1 fully saturated rings. The third-order valence-electron chi connectivity index (χ3n) is 4.87. The quantitative estimate of drug-likeness (QED) is 0.603. The summed E-state index contributed by atoms with van der Waals surface area (Å²) in [7, 11) is -3.05. The Balaban J connectivity index is 1.67. The van der Waals surface area contributed by atoms with E-state index >= 15 is 0 Å². The van der Waals surface area contributed by atoms with Crippen LogP contribution in [0.2, 0.25) is 0 Å². The summed E-state index contributed by atoms with van der Waals surface area (Å²) < 4.78 is 24.6. The topological polar surface area (TPSA) is 96.0 Å². The summed E-state index contributed by atoms with van der Waals surface area (Å²) in [5.74, 6) is 0.937. The highest BCUT2D eigenvalue weighted by atomic mass is 79.9. The Morgan fingerprint density at radius 1 is 1.43 bits per heavy atom. The van der Waals surface area contributed by atoms with Crippen LogP contribution in [0.15, 0.2) is 33.9 Å². The van der Waals surface area contributed by atoms with Crippen molar-refractivity contribution in [1.82, 2.24) is 20.1 Å². The van der Waals surface area contributed by atoms with E-state index in [2.05, 4.69) is 31.1 Å². The molecule has 0 unspecified atom stereocenters. The van der Waals surface area contributed by atoms with E-state index in [0.29, 0.717) is 17.4 Å². The zero-order chi connectivity index (χ0) is 20.3. The van der Waals surface area contributed by atoms with Gasteiger partial charge >= 0.3 is 0 Å². The molecule has 1 aliphatic heterocycles. The minimum Gasteiger partial charge on any atom is -0.335 e. The molecule has 0 bridgehead atoms. The standard InChI is InChI=1S/C18H23BrN4O3S2/c1-3-12(2)23(13-8-9-28(25,26)11-13)16(24)10-27-18-20-17(21-22-18)14-6-4-5-7-15(14)19/h4-7,12-13H,3,8-11H2,1-2H3,(H,20,21,22)/t12-,13+/m0/s1. The number of benzene rings is 1. The van der Waals surface area contributed by atoms with Crippen molar-refractivity contribution >= 4 is 43.4 Å². The van der Waals surface area contributed by atoms with Crippen molar-refractivity contribution in [2.75, 3.05) is 17.3 Å². The number of nitrogens with one attached hydrogen (secondary N) is 1. The number of carbonyl (C=O) groups is 1. The molecule has 3 rings (SSSR count). The minimum atomic E-state index is -3.05. The molecule has 2 atom stereocenters. The van der Waals surface area contributed by atoms with Crippen LogP contribution in [-0.4, -0.2) is 63.7 Å². The number of thioether (sulfide) groups is 1. The molecule has 1 aromatic carbocycles. The van der Waals surface area contributed by atoms with E-state index in [1.54, 1.807) is 4.90 Å². The number of aromatic nitrogens is 3. The van der Waals surface area contributed by atoms with E-state index in [1.165, 1.54) is 11.8 Å². The minimum absolute atomic E-state index is 0.00521. The van der Waals surface area contributed by atoms with E-state index < -0.39 is 9.84 Å². The zero-order valence-electron chi connectivity index (χ0n) is 15.8. The fraction of sp³-hybridized carbons (Fsp3) is 0.500. The van der Waals surface area contributed by atoms with Gasteiger partial charge in [0.1, 0.15) is 0 Å². The van der Waals surface area contributed by atoms with Crippen LogP contribution in [0.3, 0.4) is 0 Å². The molecule has 7 nitrogen and oxygen atoms in total. The summed E-state index contributed by atoms with van der Waals surface area (Å²) >= 11 is 4.75. The summed E-state index contributed by atoms with van der Waals surface area (Å²) in [5, 5.41) is 7.58. The lowest BCUT2D eigenvalue weighted by atomic mass is 10.1. The van der Waals surface area contributed by atoms with Crippen molar-refractivity contribution in [3.8, 4) is 11.4 Å². The second-order valence-electron chi connectivity index (χ2n) is 6.85. The SMILES string of the molecule is CC[C@H](C)N(C(=O)CSc1n[nH]c(-c2ccccc2Br)n1)[C@@H]1CCS(=O)(=O)C1. The molecule has 0 aliphatic carbocycles. The molecule has 1 aromatic heterocycles. The van der Waals surface area contributed by atoms with Gasteiger partial charge in [-0.25, -0.2) is 13.4 Å². The number of H-pyrrole nitrogens is 1. The van der Waals surface area contributed by atoms with Gasteiger partial charge in [-0.1, -0.05) is 52.8 Å². The highest BCUT2D eigenvalue weighted by Gasteiger charge is 2.36. The molecule has 28 heavy (non-hydrogen) atoms. The highest BCUT2D eigenvalue weighted by Crippen LogP contribution is 2.27. The molecule has 1 saturated heterocycles.